The summed E-state index contributed by atoms with van der Waals surface area (Å²) in [7, 11) is 0. The summed E-state index contributed by atoms with van der Waals surface area (Å²) < 4.78 is 5.69. The topological polar surface area (TPSA) is 54.3 Å². The normalized spacial score (nSPS) is 19.2. The van der Waals surface area contributed by atoms with Crippen molar-refractivity contribution in [2.24, 2.45) is 0 Å². The molecule has 1 unspecified atom stereocenters. The summed E-state index contributed by atoms with van der Waals surface area (Å²) >= 11 is 5.44. The molecule has 2 N–H and O–H groups in total. The van der Waals surface area contributed by atoms with Gasteiger partial charge >= 0.3 is 5.63 Å². The molecule has 5 heteroatoms. The SMILES string of the molecule is Cc1ccc(C2(C)NC(=S)Nc3c2c(=O)oc2c(C)cccc32)cc1. The molecule has 4 nitrogen and oxygen atoms in total. The number of fused-ring (bicyclic) bond motifs is 3. The summed E-state index contributed by atoms with van der Waals surface area (Å²) in [5.41, 5.74) is 3.78. The predicted octanol–water partition coefficient (Wildman–Crippen LogP) is 3.97. The summed E-state index contributed by atoms with van der Waals surface area (Å²) in [4.78, 5) is 12.9. The fourth-order valence-electron chi connectivity index (χ4n) is 3.49. The molecule has 3 aromatic rings. The van der Waals surface area contributed by atoms with Gasteiger partial charge < -0.3 is 15.1 Å². The van der Waals surface area contributed by atoms with Crippen LogP contribution in [-0.4, -0.2) is 5.11 Å². The van der Waals surface area contributed by atoms with Crippen LogP contribution in [-0.2, 0) is 5.54 Å². The van der Waals surface area contributed by atoms with Crippen LogP contribution in [0.2, 0.25) is 0 Å². The average molecular weight is 350 g/mol. The Labute approximate surface area is 150 Å². The smallest absolute Gasteiger partial charge is 0.344 e. The largest absolute Gasteiger partial charge is 0.422 e. The Balaban J connectivity index is 2.09. The zero-order valence-corrected chi connectivity index (χ0v) is 15.1. The van der Waals surface area contributed by atoms with E-state index in [4.69, 9.17) is 16.6 Å². The van der Waals surface area contributed by atoms with Crippen LogP contribution in [0.5, 0.6) is 0 Å². The summed E-state index contributed by atoms with van der Waals surface area (Å²) in [6.45, 7) is 5.92. The molecule has 0 spiro atoms. The van der Waals surface area contributed by atoms with Crippen molar-refractivity contribution < 1.29 is 4.42 Å². The number of anilines is 1. The van der Waals surface area contributed by atoms with Crippen molar-refractivity contribution in [1.29, 1.82) is 0 Å². The van der Waals surface area contributed by atoms with Crippen molar-refractivity contribution in [3.63, 3.8) is 0 Å². The van der Waals surface area contributed by atoms with Crippen LogP contribution < -0.4 is 16.3 Å². The minimum absolute atomic E-state index is 0.359. The first-order chi connectivity index (χ1) is 11.9. The van der Waals surface area contributed by atoms with E-state index in [2.05, 4.69) is 10.6 Å². The second-order valence-corrected chi connectivity index (χ2v) is 7.07. The minimum Gasteiger partial charge on any atom is -0.422 e. The van der Waals surface area contributed by atoms with E-state index >= 15 is 0 Å². The monoisotopic (exact) mass is 350 g/mol. The van der Waals surface area contributed by atoms with Gasteiger partial charge in [0.15, 0.2) is 5.11 Å². The summed E-state index contributed by atoms with van der Waals surface area (Å²) in [5.74, 6) is 0. The molecule has 126 valence electrons. The number of benzene rings is 2. The minimum atomic E-state index is -0.760. The number of rotatable bonds is 1. The van der Waals surface area contributed by atoms with E-state index in [1.807, 2.05) is 63.2 Å². The van der Waals surface area contributed by atoms with Crippen LogP contribution in [0.3, 0.4) is 0 Å². The molecule has 0 bridgehead atoms. The maximum atomic E-state index is 12.9. The summed E-state index contributed by atoms with van der Waals surface area (Å²) in [6.07, 6.45) is 0. The molecule has 2 heterocycles. The van der Waals surface area contributed by atoms with Gasteiger partial charge in [-0.25, -0.2) is 4.79 Å². The van der Waals surface area contributed by atoms with Crippen LogP contribution in [0.25, 0.3) is 11.0 Å². The molecule has 0 fully saturated rings. The fourth-order valence-corrected chi connectivity index (χ4v) is 3.79. The van der Waals surface area contributed by atoms with Crippen LogP contribution in [0.1, 0.15) is 29.2 Å². The molecular formula is C20H18N2O2S. The van der Waals surface area contributed by atoms with Gasteiger partial charge in [-0.1, -0.05) is 42.0 Å². The first kappa shape index (κ1) is 15.8. The quantitative estimate of drug-likeness (QED) is 0.514. The zero-order chi connectivity index (χ0) is 17.8. The Morgan fingerprint density at radius 1 is 1.08 bits per heavy atom. The van der Waals surface area contributed by atoms with Crippen molar-refractivity contribution >= 4 is 34.0 Å². The number of hydrogen-bond acceptors (Lipinski definition) is 3. The third-order valence-electron chi connectivity index (χ3n) is 4.86. The van der Waals surface area contributed by atoms with E-state index in [1.54, 1.807) is 0 Å². The van der Waals surface area contributed by atoms with E-state index in [0.717, 1.165) is 27.8 Å². The lowest BCUT2D eigenvalue weighted by Gasteiger charge is -2.38. The first-order valence-corrected chi connectivity index (χ1v) is 8.54. The second kappa shape index (κ2) is 5.43. The molecule has 1 aliphatic rings. The lowest BCUT2D eigenvalue weighted by atomic mass is 9.82. The number of thiocarbonyl (C=S) groups is 1. The molecule has 4 rings (SSSR count). The van der Waals surface area contributed by atoms with E-state index in [-0.39, 0.29) is 5.63 Å². The van der Waals surface area contributed by atoms with Gasteiger partial charge in [-0.2, -0.15) is 0 Å². The highest BCUT2D eigenvalue weighted by Crippen LogP contribution is 2.39. The van der Waals surface area contributed by atoms with E-state index in [1.165, 1.54) is 0 Å². The standard InChI is InChI=1S/C20H18N2O2S/c1-11-7-9-13(10-8-11)20(3)15-16(21-19(25)22-20)14-6-4-5-12(2)17(14)24-18(15)23/h4-10H,1-3H3,(H2,21,22,25). The third-order valence-corrected chi connectivity index (χ3v) is 5.07. The maximum Gasteiger partial charge on any atom is 0.344 e. The maximum absolute atomic E-state index is 12.9. The lowest BCUT2D eigenvalue weighted by Crippen LogP contribution is -2.52. The number of nitrogens with one attached hydrogen (secondary N) is 2. The van der Waals surface area contributed by atoms with Gasteiger partial charge in [-0.15, -0.1) is 0 Å². The van der Waals surface area contributed by atoms with E-state index < -0.39 is 5.54 Å². The Bertz CT molecular complexity index is 1070. The average Bonchev–Trinajstić information content (AvgIpc) is 2.56. The Morgan fingerprint density at radius 3 is 2.52 bits per heavy atom. The van der Waals surface area contributed by atoms with E-state index in [9.17, 15) is 4.79 Å². The summed E-state index contributed by atoms with van der Waals surface area (Å²) in [5, 5.41) is 7.78. The van der Waals surface area contributed by atoms with Crippen molar-refractivity contribution in [1.82, 2.24) is 5.32 Å². The highest BCUT2D eigenvalue weighted by molar-refractivity contribution is 7.80. The lowest BCUT2D eigenvalue weighted by molar-refractivity contribution is 0.474. The Hall–Kier alpha value is -2.66. The Morgan fingerprint density at radius 2 is 1.80 bits per heavy atom. The molecule has 1 atom stereocenters. The Kier molecular flexibility index (Phi) is 3.44. The van der Waals surface area contributed by atoms with Gasteiger partial charge in [0.05, 0.1) is 16.8 Å². The molecule has 0 saturated heterocycles. The van der Waals surface area contributed by atoms with Gasteiger partial charge in [0, 0.05) is 5.39 Å². The molecule has 25 heavy (non-hydrogen) atoms. The van der Waals surface area contributed by atoms with Crippen LogP contribution in [0.4, 0.5) is 5.69 Å². The zero-order valence-electron chi connectivity index (χ0n) is 14.3. The summed E-state index contributed by atoms with van der Waals surface area (Å²) in [6, 6.07) is 13.9. The van der Waals surface area contributed by atoms with Gasteiger partial charge in [-0.3, -0.25) is 0 Å². The van der Waals surface area contributed by atoms with Crippen molar-refractivity contribution in [3.05, 3.63) is 75.1 Å². The molecule has 0 aliphatic carbocycles. The molecule has 1 aliphatic heterocycles. The van der Waals surface area contributed by atoms with Gasteiger partial charge in [0.2, 0.25) is 0 Å². The second-order valence-electron chi connectivity index (χ2n) is 6.66. The molecular weight excluding hydrogens is 332 g/mol. The van der Waals surface area contributed by atoms with Crippen LogP contribution in [0.15, 0.2) is 51.7 Å². The third kappa shape index (κ3) is 2.35. The first-order valence-electron chi connectivity index (χ1n) is 8.13. The molecule has 0 radical (unpaired) electrons. The van der Waals surface area contributed by atoms with Crippen molar-refractivity contribution in [3.8, 4) is 0 Å². The molecule has 2 aromatic carbocycles. The number of aryl methyl sites for hydroxylation is 2. The van der Waals surface area contributed by atoms with Gasteiger partial charge in [-0.05, 0) is 50.2 Å². The van der Waals surface area contributed by atoms with Crippen molar-refractivity contribution in [2.75, 3.05) is 5.32 Å². The van der Waals surface area contributed by atoms with Crippen LogP contribution in [0, 0.1) is 13.8 Å². The predicted molar refractivity (Wildman–Crippen MR) is 104 cm³/mol. The number of hydrogen-bond donors (Lipinski definition) is 2. The number of para-hydroxylation sites is 1. The fraction of sp³-hybridized carbons (Fsp3) is 0.200. The molecule has 0 saturated carbocycles. The van der Waals surface area contributed by atoms with Gasteiger partial charge in [0.25, 0.3) is 0 Å². The van der Waals surface area contributed by atoms with E-state index in [0.29, 0.717) is 16.3 Å². The molecule has 0 amide bonds. The van der Waals surface area contributed by atoms with Gasteiger partial charge in [0.1, 0.15) is 5.58 Å². The highest BCUT2D eigenvalue weighted by Gasteiger charge is 2.40. The highest BCUT2D eigenvalue weighted by atomic mass is 32.1. The van der Waals surface area contributed by atoms with Crippen LogP contribution >= 0.6 is 12.2 Å². The van der Waals surface area contributed by atoms with Crippen molar-refractivity contribution in [2.45, 2.75) is 26.3 Å². The molecule has 1 aromatic heterocycles.